The van der Waals surface area contributed by atoms with E-state index in [0.717, 1.165) is 5.56 Å². The third-order valence-electron chi connectivity index (χ3n) is 2.70. The van der Waals surface area contributed by atoms with Crippen LogP contribution in [0.2, 0.25) is 0 Å². The minimum Gasteiger partial charge on any atom is -0.473 e. The molecule has 1 heterocycles. The average Bonchev–Trinajstić information content (AvgIpc) is 2.52. The number of primary amides is 1. The monoisotopic (exact) mass is 285 g/mol. The molecule has 1 aromatic heterocycles. The van der Waals surface area contributed by atoms with Crippen LogP contribution in [-0.4, -0.2) is 23.7 Å². The number of hydrogen-bond donors (Lipinski definition) is 1. The topological polar surface area (TPSA) is 86.8 Å². The summed E-state index contributed by atoms with van der Waals surface area (Å²) >= 11 is 0. The second-order valence-corrected chi connectivity index (χ2v) is 4.10. The number of hydrogen-bond acceptors (Lipinski definition) is 5. The van der Waals surface area contributed by atoms with Crippen molar-refractivity contribution >= 4 is 11.6 Å². The molecular weight excluding hydrogens is 270 g/mol. The van der Waals surface area contributed by atoms with E-state index in [-0.39, 0.29) is 12.3 Å². The van der Waals surface area contributed by atoms with Crippen molar-refractivity contribution in [1.29, 1.82) is 0 Å². The van der Waals surface area contributed by atoms with Crippen LogP contribution in [-0.2, 0) is 16.2 Å². The first-order valence-electron chi connectivity index (χ1n) is 6.25. The first-order valence-corrected chi connectivity index (χ1v) is 6.25. The Hall–Kier alpha value is -2.89. The summed E-state index contributed by atoms with van der Waals surface area (Å²) in [5.74, 6) is -0.168. The lowest BCUT2D eigenvalue weighted by atomic mass is 10.0. The molecule has 0 saturated carbocycles. The van der Waals surface area contributed by atoms with E-state index in [0.29, 0.717) is 11.4 Å². The lowest BCUT2D eigenvalue weighted by molar-refractivity contribution is -0.112. The van der Waals surface area contributed by atoms with E-state index in [1.165, 1.54) is 7.11 Å². The van der Waals surface area contributed by atoms with Crippen molar-refractivity contribution in [2.24, 2.45) is 10.9 Å². The van der Waals surface area contributed by atoms with Crippen LogP contribution in [0, 0.1) is 0 Å². The quantitative estimate of drug-likeness (QED) is 0.643. The number of amides is 1. The summed E-state index contributed by atoms with van der Waals surface area (Å²) in [6, 6.07) is 12.6. The van der Waals surface area contributed by atoms with Gasteiger partial charge in [0, 0.05) is 17.8 Å². The fourth-order valence-electron chi connectivity index (χ4n) is 1.78. The van der Waals surface area contributed by atoms with Gasteiger partial charge >= 0.3 is 0 Å². The predicted molar refractivity (Wildman–Crippen MR) is 77.8 cm³/mol. The summed E-state index contributed by atoms with van der Waals surface area (Å²) in [5, 5.41) is 3.68. The van der Waals surface area contributed by atoms with Crippen molar-refractivity contribution in [2.45, 2.75) is 6.61 Å². The van der Waals surface area contributed by atoms with Crippen molar-refractivity contribution in [3.63, 3.8) is 0 Å². The van der Waals surface area contributed by atoms with Crippen LogP contribution in [0.25, 0.3) is 0 Å². The zero-order valence-electron chi connectivity index (χ0n) is 11.5. The Balaban J connectivity index is 2.24. The lowest BCUT2D eigenvalue weighted by Gasteiger charge is -2.10. The van der Waals surface area contributed by atoms with E-state index in [4.69, 9.17) is 10.5 Å². The Bertz CT molecular complexity index is 642. The maximum Gasteiger partial charge on any atom is 0.271 e. The summed E-state index contributed by atoms with van der Waals surface area (Å²) in [4.78, 5) is 20.2. The molecule has 2 aromatic rings. The zero-order valence-corrected chi connectivity index (χ0v) is 11.5. The van der Waals surface area contributed by atoms with Gasteiger partial charge in [0.15, 0.2) is 5.71 Å². The molecule has 0 aliphatic rings. The number of benzene rings is 1. The SMILES string of the molecule is CON=C(C(N)=O)c1ccccc1COc1ccccn1. The molecule has 1 amide bonds. The van der Waals surface area contributed by atoms with E-state index < -0.39 is 5.91 Å². The van der Waals surface area contributed by atoms with Gasteiger partial charge in [-0.1, -0.05) is 35.5 Å². The molecule has 2 rings (SSSR count). The molecule has 0 aliphatic heterocycles. The highest BCUT2D eigenvalue weighted by molar-refractivity contribution is 6.45. The molecule has 0 aliphatic carbocycles. The van der Waals surface area contributed by atoms with Gasteiger partial charge in [-0.2, -0.15) is 0 Å². The van der Waals surface area contributed by atoms with Crippen molar-refractivity contribution in [2.75, 3.05) is 7.11 Å². The van der Waals surface area contributed by atoms with Crippen LogP contribution in [0.1, 0.15) is 11.1 Å². The predicted octanol–water partition coefficient (Wildman–Crippen LogP) is 1.50. The second-order valence-electron chi connectivity index (χ2n) is 4.10. The highest BCUT2D eigenvalue weighted by Crippen LogP contribution is 2.14. The van der Waals surface area contributed by atoms with Crippen LogP contribution >= 0.6 is 0 Å². The first-order chi connectivity index (χ1) is 10.2. The lowest BCUT2D eigenvalue weighted by Crippen LogP contribution is -2.25. The molecule has 0 radical (unpaired) electrons. The number of pyridine rings is 1. The summed E-state index contributed by atoms with van der Waals surface area (Å²) in [6.45, 7) is 0.239. The molecule has 0 spiro atoms. The van der Waals surface area contributed by atoms with Crippen LogP contribution in [0.5, 0.6) is 5.88 Å². The maximum absolute atomic E-state index is 11.5. The Morgan fingerprint density at radius 1 is 1.24 bits per heavy atom. The third-order valence-corrected chi connectivity index (χ3v) is 2.70. The molecule has 0 unspecified atom stereocenters. The molecular formula is C15H15N3O3. The van der Waals surface area contributed by atoms with E-state index in [2.05, 4.69) is 15.0 Å². The molecule has 21 heavy (non-hydrogen) atoms. The van der Waals surface area contributed by atoms with Crippen molar-refractivity contribution < 1.29 is 14.4 Å². The Kier molecular flexibility index (Phi) is 4.87. The highest BCUT2D eigenvalue weighted by Gasteiger charge is 2.15. The smallest absolute Gasteiger partial charge is 0.271 e. The standard InChI is InChI=1S/C15H15N3O3/c1-20-18-14(15(16)19)12-7-3-2-6-11(12)10-21-13-8-4-5-9-17-13/h2-9H,10H2,1H3,(H2,16,19). The van der Waals surface area contributed by atoms with Crippen LogP contribution in [0.4, 0.5) is 0 Å². The van der Waals surface area contributed by atoms with Crippen molar-refractivity contribution in [3.05, 3.63) is 59.8 Å². The van der Waals surface area contributed by atoms with Gasteiger partial charge in [-0.05, 0) is 11.6 Å². The number of nitrogens with zero attached hydrogens (tertiary/aromatic N) is 2. The number of oxime groups is 1. The minimum atomic E-state index is -0.665. The summed E-state index contributed by atoms with van der Waals surface area (Å²) in [5.41, 5.74) is 6.72. The largest absolute Gasteiger partial charge is 0.473 e. The fourth-order valence-corrected chi connectivity index (χ4v) is 1.78. The van der Waals surface area contributed by atoms with Gasteiger partial charge in [0.25, 0.3) is 5.91 Å². The number of aromatic nitrogens is 1. The van der Waals surface area contributed by atoms with Gasteiger partial charge in [-0.25, -0.2) is 4.98 Å². The normalized spacial score (nSPS) is 11.0. The van der Waals surface area contributed by atoms with Gasteiger partial charge in [0.05, 0.1) is 0 Å². The number of ether oxygens (including phenoxy) is 1. The van der Waals surface area contributed by atoms with Crippen molar-refractivity contribution in [1.82, 2.24) is 4.98 Å². The van der Waals surface area contributed by atoms with Gasteiger partial charge < -0.3 is 15.3 Å². The minimum absolute atomic E-state index is 0.0534. The number of carbonyl (C=O) groups excluding carboxylic acids is 1. The van der Waals surface area contributed by atoms with E-state index in [1.807, 2.05) is 18.2 Å². The van der Waals surface area contributed by atoms with Crippen LogP contribution < -0.4 is 10.5 Å². The average molecular weight is 285 g/mol. The molecule has 108 valence electrons. The summed E-state index contributed by atoms with van der Waals surface area (Å²) in [7, 11) is 1.36. The van der Waals surface area contributed by atoms with Crippen molar-refractivity contribution in [3.8, 4) is 5.88 Å². The molecule has 2 N–H and O–H groups in total. The molecule has 0 fully saturated rings. The highest BCUT2D eigenvalue weighted by atomic mass is 16.6. The summed E-state index contributed by atoms with van der Waals surface area (Å²) < 4.78 is 5.58. The molecule has 6 heteroatoms. The van der Waals surface area contributed by atoms with E-state index >= 15 is 0 Å². The Morgan fingerprint density at radius 3 is 2.67 bits per heavy atom. The van der Waals surface area contributed by atoms with E-state index in [9.17, 15) is 4.79 Å². The van der Waals surface area contributed by atoms with Gasteiger partial charge in [0.1, 0.15) is 13.7 Å². The molecule has 0 saturated heterocycles. The second kappa shape index (κ2) is 7.04. The van der Waals surface area contributed by atoms with E-state index in [1.54, 1.807) is 30.5 Å². The number of rotatable bonds is 6. The van der Waals surface area contributed by atoms with Gasteiger partial charge in [-0.3, -0.25) is 4.79 Å². The molecule has 0 bridgehead atoms. The third kappa shape index (κ3) is 3.79. The molecule has 0 atom stereocenters. The zero-order chi connectivity index (χ0) is 15.1. The summed E-state index contributed by atoms with van der Waals surface area (Å²) in [6.07, 6.45) is 1.64. The van der Waals surface area contributed by atoms with Crippen LogP contribution in [0.3, 0.4) is 0 Å². The first kappa shape index (κ1) is 14.5. The maximum atomic E-state index is 11.5. The van der Waals surface area contributed by atoms with Gasteiger partial charge in [-0.15, -0.1) is 0 Å². The number of nitrogens with two attached hydrogens (primary N) is 1. The Morgan fingerprint density at radius 2 is 2.00 bits per heavy atom. The Labute approximate surface area is 122 Å². The fraction of sp³-hybridized carbons (Fsp3) is 0.133. The van der Waals surface area contributed by atoms with Crippen LogP contribution in [0.15, 0.2) is 53.8 Å². The van der Waals surface area contributed by atoms with Gasteiger partial charge in [0.2, 0.25) is 5.88 Å². The number of carbonyl (C=O) groups is 1. The molecule has 6 nitrogen and oxygen atoms in total. The molecule has 1 aromatic carbocycles.